The highest BCUT2D eigenvalue weighted by Gasteiger charge is 2.24. The quantitative estimate of drug-likeness (QED) is 0.901. The molecule has 2 aliphatic rings. The molecule has 1 saturated carbocycles. The number of benzene rings is 1. The van der Waals surface area contributed by atoms with Gasteiger partial charge in [0, 0.05) is 13.2 Å². The van der Waals surface area contributed by atoms with Crippen LogP contribution in [0.15, 0.2) is 22.7 Å². The Balaban J connectivity index is 1.68. The molecule has 4 nitrogen and oxygen atoms in total. The van der Waals surface area contributed by atoms with Crippen molar-refractivity contribution in [3.05, 3.63) is 28.2 Å². The summed E-state index contributed by atoms with van der Waals surface area (Å²) in [5.41, 5.74) is 4.66. The van der Waals surface area contributed by atoms with Crippen LogP contribution in [-0.4, -0.2) is 26.7 Å². The number of rotatable bonds is 4. The van der Waals surface area contributed by atoms with Crippen molar-refractivity contribution in [3.63, 3.8) is 0 Å². The van der Waals surface area contributed by atoms with Crippen molar-refractivity contribution in [1.82, 2.24) is 15.0 Å². The average molecular weight is 362 g/mol. The second-order valence-corrected chi connectivity index (χ2v) is 7.36. The van der Waals surface area contributed by atoms with Gasteiger partial charge in [-0.25, -0.2) is 4.68 Å². The maximum Gasteiger partial charge on any atom is 0.127 e. The van der Waals surface area contributed by atoms with Gasteiger partial charge in [0.1, 0.15) is 5.52 Å². The number of halogens is 1. The molecule has 0 amide bonds. The predicted octanol–water partition coefficient (Wildman–Crippen LogP) is 3.78. The summed E-state index contributed by atoms with van der Waals surface area (Å²) in [6, 6.07) is 4.33. The van der Waals surface area contributed by atoms with E-state index >= 15 is 0 Å². The minimum Gasteiger partial charge on any atom is -0.396 e. The zero-order valence-electron chi connectivity index (χ0n) is 12.5. The molecule has 0 spiro atoms. The lowest BCUT2D eigenvalue weighted by molar-refractivity contribution is 0.218. The number of aliphatic hydroxyl groups is 1. The lowest BCUT2D eigenvalue weighted by Gasteiger charge is -2.20. The van der Waals surface area contributed by atoms with Crippen LogP contribution in [0, 0.1) is 11.8 Å². The zero-order valence-corrected chi connectivity index (χ0v) is 14.1. The number of hydrogen-bond acceptors (Lipinski definition) is 3. The van der Waals surface area contributed by atoms with Crippen LogP contribution in [0.4, 0.5) is 0 Å². The average Bonchev–Trinajstić information content (AvgIpc) is 3.27. The number of aliphatic hydroxyl groups excluding tert-OH is 1. The Morgan fingerprint density at radius 3 is 2.77 bits per heavy atom. The first-order chi connectivity index (χ1) is 10.8. The highest BCUT2D eigenvalue weighted by atomic mass is 79.9. The van der Waals surface area contributed by atoms with Gasteiger partial charge in [0.15, 0.2) is 0 Å². The zero-order chi connectivity index (χ0) is 15.1. The van der Waals surface area contributed by atoms with Crippen LogP contribution < -0.4 is 0 Å². The molecular formula is C17H20BrN3O. The fraction of sp³-hybridized carbons (Fsp3) is 0.529. The molecule has 2 aromatic rings. The van der Waals surface area contributed by atoms with Gasteiger partial charge in [-0.15, -0.1) is 5.10 Å². The highest BCUT2D eigenvalue weighted by Crippen LogP contribution is 2.37. The fourth-order valence-electron chi connectivity index (χ4n) is 3.23. The summed E-state index contributed by atoms with van der Waals surface area (Å²) in [6.45, 7) is 1.28. The van der Waals surface area contributed by atoms with Crippen LogP contribution in [-0.2, 0) is 6.54 Å². The SMILES string of the molecule is OCC1CC=C(c2ccc3c(nnn3CC3CC3)c2Br)CC1. The van der Waals surface area contributed by atoms with Crippen molar-refractivity contribution in [2.24, 2.45) is 11.8 Å². The molecule has 22 heavy (non-hydrogen) atoms. The first-order valence-corrected chi connectivity index (χ1v) is 8.87. The van der Waals surface area contributed by atoms with Gasteiger partial charge in [0.25, 0.3) is 0 Å². The number of fused-ring (bicyclic) bond motifs is 1. The summed E-state index contributed by atoms with van der Waals surface area (Å²) >= 11 is 3.74. The topological polar surface area (TPSA) is 50.9 Å². The highest BCUT2D eigenvalue weighted by molar-refractivity contribution is 9.10. The van der Waals surface area contributed by atoms with Crippen LogP contribution in [0.5, 0.6) is 0 Å². The molecule has 0 saturated heterocycles. The third-order valence-corrected chi connectivity index (χ3v) is 5.68. The summed E-state index contributed by atoms with van der Waals surface area (Å²) in [6.07, 6.45) is 7.95. The van der Waals surface area contributed by atoms with Crippen molar-refractivity contribution in [3.8, 4) is 0 Å². The van der Waals surface area contributed by atoms with Crippen LogP contribution >= 0.6 is 15.9 Å². The van der Waals surface area contributed by atoms with Crippen molar-refractivity contribution in [2.75, 3.05) is 6.61 Å². The molecule has 0 aliphatic heterocycles. The van der Waals surface area contributed by atoms with Crippen molar-refractivity contribution in [1.29, 1.82) is 0 Å². The monoisotopic (exact) mass is 361 g/mol. The Labute approximate surface area is 138 Å². The summed E-state index contributed by atoms with van der Waals surface area (Å²) in [4.78, 5) is 0. The number of aromatic nitrogens is 3. The van der Waals surface area contributed by atoms with Crippen molar-refractivity contribution < 1.29 is 5.11 Å². The van der Waals surface area contributed by atoms with Crippen LogP contribution in [0.3, 0.4) is 0 Å². The summed E-state index contributed by atoms with van der Waals surface area (Å²) in [7, 11) is 0. The summed E-state index contributed by atoms with van der Waals surface area (Å²) < 4.78 is 3.10. The van der Waals surface area contributed by atoms with E-state index in [1.165, 1.54) is 24.0 Å². The molecule has 1 unspecified atom stereocenters. The van der Waals surface area contributed by atoms with Crippen LogP contribution in [0.25, 0.3) is 16.6 Å². The Morgan fingerprint density at radius 1 is 1.23 bits per heavy atom. The summed E-state index contributed by atoms with van der Waals surface area (Å²) in [5.74, 6) is 1.21. The van der Waals surface area contributed by atoms with E-state index in [4.69, 9.17) is 0 Å². The van der Waals surface area contributed by atoms with E-state index in [1.54, 1.807) is 0 Å². The lowest BCUT2D eigenvalue weighted by Crippen LogP contribution is -2.09. The molecule has 116 valence electrons. The third kappa shape index (κ3) is 2.61. The second-order valence-electron chi connectivity index (χ2n) is 6.56. The number of allylic oxidation sites excluding steroid dienone is 2. The molecule has 0 radical (unpaired) electrons. The van der Waals surface area contributed by atoms with Gasteiger partial charge in [-0.05, 0) is 77.1 Å². The Bertz CT molecular complexity index is 733. The maximum atomic E-state index is 9.26. The Hall–Kier alpha value is -1.20. The molecule has 1 N–H and O–H groups in total. The first kappa shape index (κ1) is 14.4. The van der Waals surface area contributed by atoms with Gasteiger partial charge in [0.05, 0.1) is 9.99 Å². The predicted molar refractivity (Wildman–Crippen MR) is 90.4 cm³/mol. The smallest absolute Gasteiger partial charge is 0.127 e. The van der Waals surface area contributed by atoms with Gasteiger partial charge in [-0.2, -0.15) is 0 Å². The third-order valence-electron chi connectivity index (χ3n) is 4.88. The van der Waals surface area contributed by atoms with Gasteiger partial charge < -0.3 is 5.11 Å². The van der Waals surface area contributed by atoms with Gasteiger partial charge in [-0.3, -0.25) is 0 Å². The molecular weight excluding hydrogens is 342 g/mol. The molecule has 1 heterocycles. The molecule has 0 bridgehead atoms. The van der Waals surface area contributed by atoms with E-state index in [0.29, 0.717) is 12.5 Å². The van der Waals surface area contributed by atoms with E-state index in [2.05, 4.69) is 44.5 Å². The van der Waals surface area contributed by atoms with Gasteiger partial charge >= 0.3 is 0 Å². The van der Waals surface area contributed by atoms with E-state index in [-0.39, 0.29) is 0 Å². The number of nitrogens with zero attached hydrogens (tertiary/aromatic N) is 3. The molecule has 5 heteroatoms. The minimum absolute atomic E-state index is 0.291. The van der Waals surface area contributed by atoms with E-state index in [0.717, 1.165) is 47.2 Å². The second kappa shape index (κ2) is 5.78. The van der Waals surface area contributed by atoms with Crippen LogP contribution in [0.2, 0.25) is 0 Å². The van der Waals surface area contributed by atoms with Crippen LogP contribution in [0.1, 0.15) is 37.7 Å². The molecule has 1 aromatic carbocycles. The normalized spacial score (nSPS) is 22.1. The van der Waals surface area contributed by atoms with Crippen molar-refractivity contribution in [2.45, 2.75) is 38.6 Å². The molecule has 1 fully saturated rings. The van der Waals surface area contributed by atoms with E-state index < -0.39 is 0 Å². The minimum atomic E-state index is 0.291. The lowest BCUT2D eigenvalue weighted by atomic mass is 9.87. The fourth-order valence-corrected chi connectivity index (χ4v) is 3.90. The largest absolute Gasteiger partial charge is 0.396 e. The van der Waals surface area contributed by atoms with Gasteiger partial charge in [-0.1, -0.05) is 17.4 Å². The first-order valence-electron chi connectivity index (χ1n) is 8.08. The molecule has 4 rings (SSSR count). The Morgan fingerprint density at radius 2 is 2.09 bits per heavy atom. The standard InChI is InChI=1S/C17H20BrN3O/c18-16-14(13-5-3-12(10-22)4-6-13)7-8-15-17(16)19-20-21(15)9-11-1-2-11/h5,7-8,11-12,22H,1-4,6,9-10H2. The van der Waals surface area contributed by atoms with E-state index in [1.807, 2.05) is 4.68 Å². The Kier molecular flexibility index (Phi) is 3.78. The van der Waals surface area contributed by atoms with E-state index in [9.17, 15) is 5.11 Å². The van der Waals surface area contributed by atoms with Gasteiger partial charge in [0.2, 0.25) is 0 Å². The van der Waals surface area contributed by atoms with Crippen molar-refractivity contribution >= 4 is 32.5 Å². The molecule has 1 atom stereocenters. The number of hydrogen-bond donors (Lipinski definition) is 1. The molecule has 1 aromatic heterocycles. The maximum absolute atomic E-state index is 9.26. The summed E-state index contributed by atoms with van der Waals surface area (Å²) in [5, 5.41) is 18.0. The molecule has 2 aliphatic carbocycles.